The Morgan fingerprint density at radius 1 is 1.40 bits per heavy atom. The summed E-state index contributed by atoms with van der Waals surface area (Å²) in [5.74, 6) is 1.72. The van der Waals surface area contributed by atoms with E-state index in [0.29, 0.717) is 5.41 Å². The summed E-state index contributed by atoms with van der Waals surface area (Å²) < 4.78 is 5.19. The lowest BCUT2D eigenvalue weighted by Crippen LogP contribution is -2.47. The fourth-order valence-electron chi connectivity index (χ4n) is 2.26. The predicted molar refractivity (Wildman–Crippen MR) is 65.0 cm³/mol. The van der Waals surface area contributed by atoms with Crippen LogP contribution in [0.1, 0.15) is 40.5 Å². The van der Waals surface area contributed by atoms with Gasteiger partial charge in [-0.25, -0.2) is 0 Å². The lowest BCUT2D eigenvalue weighted by Gasteiger charge is -2.40. The van der Waals surface area contributed by atoms with Crippen molar-refractivity contribution in [1.82, 2.24) is 5.32 Å². The molecule has 2 heterocycles. The van der Waals surface area contributed by atoms with Crippen molar-refractivity contribution in [1.29, 1.82) is 0 Å². The maximum absolute atomic E-state index is 5.19. The van der Waals surface area contributed by atoms with Gasteiger partial charge in [0.1, 0.15) is 0 Å². The van der Waals surface area contributed by atoms with Crippen molar-refractivity contribution in [3.63, 3.8) is 0 Å². The molecule has 1 atom stereocenters. The molecule has 1 spiro atoms. The van der Waals surface area contributed by atoms with Crippen LogP contribution in [-0.2, 0) is 4.74 Å². The van der Waals surface area contributed by atoms with Gasteiger partial charge in [-0.05, 0) is 18.4 Å². The molecule has 15 heavy (non-hydrogen) atoms. The molecular formula is C13H27NO. The first kappa shape index (κ1) is 13.0. The van der Waals surface area contributed by atoms with E-state index in [9.17, 15) is 0 Å². The Bertz CT molecular complexity index is 175. The molecule has 2 nitrogen and oxygen atoms in total. The molecule has 1 N–H and O–H groups in total. The summed E-state index contributed by atoms with van der Waals surface area (Å²) in [6.07, 6.45) is 2.71. The van der Waals surface area contributed by atoms with Crippen LogP contribution in [0.4, 0.5) is 0 Å². The molecule has 0 amide bonds. The largest absolute Gasteiger partial charge is 0.380 e. The molecule has 0 aliphatic carbocycles. The number of nitrogens with one attached hydrogen (secondary N) is 1. The Hall–Kier alpha value is -0.0800. The average molecular weight is 213 g/mol. The molecule has 0 aromatic carbocycles. The molecule has 1 unspecified atom stereocenters. The number of rotatable bonds is 2. The standard InChI is InChI=1S/C7H13NO.C6H14/c1-6-2-8-3-7(6)4-9-5-7;1-4-5-6(2)3/h6,8H,2-5H2,1H3;6H,4-5H2,1-3H3. The molecule has 2 rings (SSSR count). The van der Waals surface area contributed by atoms with Gasteiger partial charge in [0.25, 0.3) is 0 Å². The number of ether oxygens (including phenoxy) is 1. The van der Waals surface area contributed by atoms with Crippen LogP contribution >= 0.6 is 0 Å². The highest BCUT2D eigenvalue weighted by Crippen LogP contribution is 2.37. The average Bonchev–Trinajstić information content (AvgIpc) is 2.46. The molecule has 0 radical (unpaired) electrons. The van der Waals surface area contributed by atoms with E-state index in [1.807, 2.05) is 0 Å². The summed E-state index contributed by atoms with van der Waals surface area (Å²) in [6.45, 7) is 13.4. The first-order valence-corrected chi connectivity index (χ1v) is 6.39. The lowest BCUT2D eigenvalue weighted by molar-refractivity contribution is -0.121. The molecule has 2 aliphatic rings. The van der Waals surface area contributed by atoms with Crippen molar-refractivity contribution in [2.24, 2.45) is 17.3 Å². The molecule has 0 bridgehead atoms. The van der Waals surface area contributed by atoms with Gasteiger partial charge in [-0.15, -0.1) is 0 Å². The van der Waals surface area contributed by atoms with Crippen LogP contribution in [0.3, 0.4) is 0 Å². The van der Waals surface area contributed by atoms with Gasteiger partial charge >= 0.3 is 0 Å². The highest BCUT2D eigenvalue weighted by Gasteiger charge is 2.46. The monoisotopic (exact) mass is 213 g/mol. The summed E-state index contributed by atoms with van der Waals surface area (Å²) in [5.41, 5.74) is 0.542. The molecular weight excluding hydrogens is 186 g/mol. The van der Waals surface area contributed by atoms with Gasteiger partial charge in [-0.3, -0.25) is 0 Å². The molecule has 2 heteroatoms. The number of hydrogen-bond acceptors (Lipinski definition) is 2. The zero-order chi connectivity index (χ0) is 11.3. The second-order valence-electron chi connectivity index (χ2n) is 5.57. The van der Waals surface area contributed by atoms with Crippen molar-refractivity contribution in [2.45, 2.75) is 40.5 Å². The summed E-state index contributed by atoms with van der Waals surface area (Å²) in [7, 11) is 0. The third kappa shape index (κ3) is 3.46. The summed E-state index contributed by atoms with van der Waals surface area (Å²) in [4.78, 5) is 0. The minimum Gasteiger partial charge on any atom is -0.380 e. The van der Waals surface area contributed by atoms with Crippen LogP contribution in [0, 0.1) is 17.3 Å². The van der Waals surface area contributed by atoms with Crippen molar-refractivity contribution in [3.05, 3.63) is 0 Å². The predicted octanol–water partition coefficient (Wildman–Crippen LogP) is 2.68. The summed E-state index contributed by atoms with van der Waals surface area (Å²) >= 11 is 0. The highest BCUT2D eigenvalue weighted by atomic mass is 16.5. The fraction of sp³-hybridized carbons (Fsp3) is 1.00. The SMILES string of the molecule is CC1CNCC12COC2.CCCC(C)C. The Morgan fingerprint density at radius 2 is 2.07 bits per heavy atom. The van der Waals surface area contributed by atoms with E-state index in [0.717, 1.165) is 25.0 Å². The van der Waals surface area contributed by atoms with Crippen LogP contribution in [0.15, 0.2) is 0 Å². The van der Waals surface area contributed by atoms with Gasteiger partial charge in [0, 0.05) is 12.0 Å². The minimum absolute atomic E-state index is 0.542. The van der Waals surface area contributed by atoms with Crippen molar-refractivity contribution < 1.29 is 4.74 Å². The topological polar surface area (TPSA) is 21.3 Å². The van der Waals surface area contributed by atoms with E-state index in [1.165, 1.54) is 25.9 Å². The Morgan fingerprint density at radius 3 is 2.20 bits per heavy atom. The van der Waals surface area contributed by atoms with Gasteiger partial charge in [-0.1, -0.05) is 40.5 Å². The Labute approximate surface area is 94.8 Å². The van der Waals surface area contributed by atoms with Crippen LogP contribution in [-0.4, -0.2) is 26.3 Å². The Balaban J connectivity index is 0.000000167. The van der Waals surface area contributed by atoms with E-state index >= 15 is 0 Å². The van der Waals surface area contributed by atoms with Crippen molar-refractivity contribution >= 4 is 0 Å². The van der Waals surface area contributed by atoms with Gasteiger partial charge < -0.3 is 10.1 Å². The molecule has 2 saturated heterocycles. The third-order valence-corrected chi connectivity index (χ3v) is 3.62. The van der Waals surface area contributed by atoms with E-state index in [2.05, 4.69) is 33.0 Å². The Kier molecular flexibility index (Phi) is 5.07. The molecule has 0 aromatic heterocycles. The maximum atomic E-state index is 5.19. The fourth-order valence-corrected chi connectivity index (χ4v) is 2.26. The number of hydrogen-bond donors (Lipinski definition) is 1. The molecule has 2 fully saturated rings. The lowest BCUT2D eigenvalue weighted by atomic mass is 9.77. The van der Waals surface area contributed by atoms with Crippen LogP contribution in [0.2, 0.25) is 0 Å². The second-order valence-corrected chi connectivity index (χ2v) is 5.57. The smallest absolute Gasteiger partial charge is 0.0560 e. The van der Waals surface area contributed by atoms with Gasteiger partial charge in [-0.2, -0.15) is 0 Å². The van der Waals surface area contributed by atoms with E-state index in [-0.39, 0.29) is 0 Å². The second kappa shape index (κ2) is 5.86. The van der Waals surface area contributed by atoms with Crippen LogP contribution in [0.5, 0.6) is 0 Å². The van der Waals surface area contributed by atoms with Crippen molar-refractivity contribution in [2.75, 3.05) is 26.3 Å². The zero-order valence-corrected chi connectivity index (χ0v) is 10.8. The quantitative estimate of drug-likeness (QED) is 0.761. The normalized spacial score (nSPS) is 27.4. The first-order chi connectivity index (χ1) is 7.10. The maximum Gasteiger partial charge on any atom is 0.0560 e. The molecule has 2 aliphatic heterocycles. The third-order valence-electron chi connectivity index (χ3n) is 3.62. The summed E-state index contributed by atoms with van der Waals surface area (Å²) in [6, 6.07) is 0. The van der Waals surface area contributed by atoms with E-state index in [1.54, 1.807) is 0 Å². The zero-order valence-electron chi connectivity index (χ0n) is 10.8. The minimum atomic E-state index is 0.542. The van der Waals surface area contributed by atoms with Crippen molar-refractivity contribution in [3.8, 4) is 0 Å². The van der Waals surface area contributed by atoms with Gasteiger partial charge in [0.15, 0.2) is 0 Å². The molecule has 0 aromatic rings. The van der Waals surface area contributed by atoms with Gasteiger partial charge in [0.2, 0.25) is 0 Å². The van der Waals surface area contributed by atoms with E-state index < -0.39 is 0 Å². The van der Waals surface area contributed by atoms with E-state index in [4.69, 9.17) is 4.74 Å². The van der Waals surface area contributed by atoms with Gasteiger partial charge in [0.05, 0.1) is 13.2 Å². The van der Waals surface area contributed by atoms with Crippen LogP contribution < -0.4 is 5.32 Å². The van der Waals surface area contributed by atoms with Crippen LogP contribution in [0.25, 0.3) is 0 Å². The highest BCUT2D eigenvalue weighted by molar-refractivity contribution is 4.97. The summed E-state index contributed by atoms with van der Waals surface area (Å²) in [5, 5.41) is 3.38. The first-order valence-electron chi connectivity index (χ1n) is 6.39. The molecule has 0 saturated carbocycles. The molecule has 90 valence electrons.